The number of rotatable bonds is 4. The van der Waals surface area contributed by atoms with Gasteiger partial charge in [-0.25, -0.2) is 0 Å². The van der Waals surface area contributed by atoms with Crippen molar-refractivity contribution in [3.8, 4) is 5.75 Å². The first-order valence-electron chi connectivity index (χ1n) is 3.88. The second-order valence-electron chi connectivity index (χ2n) is 2.68. The van der Waals surface area contributed by atoms with Crippen molar-refractivity contribution in [2.24, 2.45) is 0 Å². The lowest BCUT2D eigenvalue weighted by molar-refractivity contribution is -0.383. The van der Waals surface area contributed by atoms with Gasteiger partial charge in [-0.1, -0.05) is 0 Å². The van der Waals surface area contributed by atoms with Gasteiger partial charge in [-0.2, -0.15) is 8.42 Å². The fraction of sp³-hybridized carbons (Fsp3) is 0.143. The van der Waals surface area contributed by atoms with Crippen molar-refractivity contribution in [1.29, 1.82) is 0 Å². The standard InChI is InChI=1S/C7H7ClN2O5S/c1-15-5-2-3-7(10(11)12)6(4-5)9-16(8,13)14/h2-4,9H,1H3. The highest BCUT2D eigenvalue weighted by atomic mass is 35.7. The van der Waals surface area contributed by atoms with E-state index in [0.29, 0.717) is 0 Å². The first-order valence-corrected chi connectivity index (χ1v) is 6.19. The minimum Gasteiger partial charge on any atom is -0.497 e. The molecule has 16 heavy (non-hydrogen) atoms. The van der Waals surface area contributed by atoms with Crippen molar-refractivity contribution in [1.82, 2.24) is 0 Å². The molecule has 0 atom stereocenters. The van der Waals surface area contributed by atoms with Crippen LogP contribution >= 0.6 is 10.7 Å². The summed E-state index contributed by atoms with van der Waals surface area (Å²) in [5.74, 6) is 0.272. The quantitative estimate of drug-likeness (QED) is 0.506. The van der Waals surface area contributed by atoms with Crippen LogP contribution in [0.2, 0.25) is 0 Å². The summed E-state index contributed by atoms with van der Waals surface area (Å²) < 4.78 is 28.2. The first-order chi connectivity index (χ1) is 7.33. The molecular weight excluding hydrogens is 260 g/mol. The topological polar surface area (TPSA) is 98.5 Å². The number of nitro benzene ring substituents is 1. The summed E-state index contributed by atoms with van der Waals surface area (Å²) in [5, 5.41) is 10.6. The molecule has 0 radical (unpaired) electrons. The average Bonchev–Trinajstić information content (AvgIpc) is 2.14. The Labute approximate surface area is 95.7 Å². The van der Waals surface area contributed by atoms with E-state index in [1.54, 1.807) is 0 Å². The SMILES string of the molecule is COc1ccc([N+](=O)[O-])c(NS(=O)(=O)Cl)c1. The van der Waals surface area contributed by atoms with Crippen molar-refractivity contribution in [3.05, 3.63) is 28.3 Å². The second-order valence-corrected chi connectivity index (χ2v) is 4.98. The van der Waals surface area contributed by atoms with E-state index in [-0.39, 0.29) is 11.4 Å². The zero-order chi connectivity index (χ0) is 12.3. The van der Waals surface area contributed by atoms with Gasteiger partial charge in [0.2, 0.25) is 0 Å². The maximum atomic E-state index is 10.8. The molecule has 9 heteroatoms. The van der Waals surface area contributed by atoms with E-state index in [0.717, 1.165) is 12.1 Å². The Morgan fingerprint density at radius 3 is 2.56 bits per heavy atom. The molecule has 0 amide bonds. The van der Waals surface area contributed by atoms with Gasteiger partial charge in [-0.3, -0.25) is 14.8 Å². The molecular formula is C7H7ClN2O5S. The van der Waals surface area contributed by atoms with Gasteiger partial charge in [-0.15, -0.1) is 0 Å². The van der Waals surface area contributed by atoms with Gasteiger partial charge >= 0.3 is 9.24 Å². The molecule has 0 fully saturated rings. The van der Waals surface area contributed by atoms with Crippen LogP contribution in [0.3, 0.4) is 0 Å². The number of benzene rings is 1. The van der Waals surface area contributed by atoms with Gasteiger partial charge in [0, 0.05) is 22.8 Å². The predicted molar refractivity (Wildman–Crippen MR) is 58.0 cm³/mol. The van der Waals surface area contributed by atoms with Gasteiger partial charge in [0.1, 0.15) is 11.4 Å². The number of ether oxygens (including phenoxy) is 1. The molecule has 1 aromatic carbocycles. The van der Waals surface area contributed by atoms with Crippen LogP contribution in [0.15, 0.2) is 18.2 Å². The van der Waals surface area contributed by atoms with Gasteiger partial charge in [-0.05, 0) is 6.07 Å². The molecule has 0 aromatic heterocycles. The normalized spacial score (nSPS) is 10.9. The molecule has 1 rings (SSSR count). The van der Waals surface area contributed by atoms with E-state index >= 15 is 0 Å². The highest BCUT2D eigenvalue weighted by Crippen LogP contribution is 2.29. The fourth-order valence-corrected chi connectivity index (χ4v) is 1.69. The number of nitrogens with zero attached hydrogens (tertiary/aromatic N) is 1. The predicted octanol–water partition coefficient (Wildman–Crippen LogP) is 1.50. The van der Waals surface area contributed by atoms with Gasteiger partial charge in [0.15, 0.2) is 0 Å². The van der Waals surface area contributed by atoms with Crippen LogP contribution in [0.4, 0.5) is 11.4 Å². The van der Waals surface area contributed by atoms with Crippen LogP contribution in [-0.2, 0) is 9.24 Å². The number of anilines is 1. The fourth-order valence-electron chi connectivity index (χ4n) is 1.01. The second kappa shape index (κ2) is 4.54. The molecule has 1 aromatic rings. The summed E-state index contributed by atoms with van der Waals surface area (Å²) in [5.41, 5.74) is -0.663. The Bertz CT molecular complexity index is 516. The molecule has 0 heterocycles. The number of methoxy groups -OCH3 is 1. The van der Waals surface area contributed by atoms with Crippen molar-refractivity contribution in [2.45, 2.75) is 0 Å². The third-order valence-electron chi connectivity index (χ3n) is 1.63. The van der Waals surface area contributed by atoms with Crippen LogP contribution < -0.4 is 9.46 Å². The molecule has 0 aliphatic rings. The Balaban J connectivity index is 3.26. The summed E-state index contributed by atoms with van der Waals surface area (Å²) in [6.07, 6.45) is 0. The molecule has 0 saturated carbocycles. The smallest absolute Gasteiger partial charge is 0.319 e. The largest absolute Gasteiger partial charge is 0.497 e. The maximum absolute atomic E-state index is 10.8. The van der Waals surface area contributed by atoms with Gasteiger partial charge < -0.3 is 4.74 Å². The molecule has 0 aliphatic carbocycles. The van der Waals surface area contributed by atoms with E-state index in [1.165, 1.54) is 13.2 Å². The van der Waals surface area contributed by atoms with Gasteiger partial charge in [0.05, 0.1) is 12.0 Å². The van der Waals surface area contributed by atoms with E-state index in [4.69, 9.17) is 15.4 Å². The van der Waals surface area contributed by atoms with E-state index in [1.807, 2.05) is 4.72 Å². The van der Waals surface area contributed by atoms with Crippen LogP contribution in [0.25, 0.3) is 0 Å². The highest BCUT2D eigenvalue weighted by Gasteiger charge is 2.18. The van der Waals surface area contributed by atoms with Crippen molar-refractivity contribution in [3.63, 3.8) is 0 Å². The molecule has 7 nitrogen and oxygen atoms in total. The Morgan fingerprint density at radius 2 is 2.12 bits per heavy atom. The average molecular weight is 267 g/mol. The van der Waals surface area contributed by atoms with Crippen molar-refractivity contribution < 1.29 is 18.1 Å². The third kappa shape index (κ3) is 3.24. The van der Waals surface area contributed by atoms with Crippen LogP contribution in [-0.4, -0.2) is 20.5 Å². The van der Waals surface area contributed by atoms with Crippen LogP contribution in [0, 0.1) is 10.1 Å². The van der Waals surface area contributed by atoms with Crippen molar-refractivity contribution in [2.75, 3.05) is 11.8 Å². The Morgan fingerprint density at radius 1 is 1.50 bits per heavy atom. The molecule has 0 unspecified atom stereocenters. The molecule has 1 N–H and O–H groups in total. The first kappa shape index (κ1) is 12.5. The Kier molecular flexibility index (Phi) is 3.55. The number of nitro groups is 1. The number of halogens is 1. The molecule has 0 saturated heterocycles. The number of hydrogen-bond acceptors (Lipinski definition) is 5. The van der Waals surface area contributed by atoms with Crippen LogP contribution in [0.5, 0.6) is 5.75 Å². The number of hydrogen-bond donors (Lipinski definition) is 1. The summed E-state index contributed by atoms with van der Waals surface area (Å²) in [7, 11) is 2.19. The minimum absolute atomic E-state index is 0.251. The minimum atomic E-state index is -4.10. The number of nitrogens with one attached hydrogen (secondary N) is 1. The summed E-state index contributed by atoms with van der Waals surface area (Å²) in [6, 6.07) is 3.62. The van der Waals surface area contributed by atoms with E-state index in [2.05, 4.69) is 0 Å². The van der Waals surface area contributed by atoms with E-state index in [9.17, 15) is 18.5 Å². The molecule has 0 spiro atoms. The molecule has 0 bridgehead atoms. The summed E-state index contributed by atoms with van der Waals surface area (Å²) >= 11 is 0. The monoisotopic (exact) mass is 266 g/mol. The summed E-state index contributed by atoms with van der Waals surface area (Å²) in [6.45, 7) is 0. The zero-order valence-electron chi connectivity index (χ0n) is 8.01. The van der Waals surface area contributed by atoms with Crippen molar-refractivity contribution >= 4 is 31.3 Å². The zero-order valence-corrected chi connectivity index (χ0v) is 9.58. The third-order valence-corrected chi connectivity index (χ3v) is 2.33. The summed E-state index contributed by atoms with van der Waals surface area (Å²) in [4.78, 5) is 9.86. The lowest BCUT2D eigenvalue weighted by atomic mass is 10.2. The highest BCUT2D eigenvalue weighted by molar-refractivity contribution is 8.14. The lowest BCUT2D eigenvalue weighted by Crippen LogP contribution is -2.06. The van der Waals surface area contributed by atoms with Crippen LogP contribution in [0.1, 0.15) is 0 Å². The van der Waals surface area contributed by atoms with Gasteiger partial charge in [0.25, 0.3) is 5.69 Å². The maximum Gasteiger partial charge on any atom is 0.319 e. The Hall–Kier alpha value is -1.54. The van der Waals surface area contributed by atoms with E-state index < -0.39 is 19.8 Å². The molecule has 0 aliphatic heterocycles. The lowest BCUT2D eigenvalue weighted by Gasteiger charge is -2.05. The molecule has 88 valence electrons.